The Morgan fingerprint density at radius 2 is 2.25 bits per heavy atom. The zero-order chi connectivity index (χ0) is 14.5. The third-order valence-electron chi connectivity index (χ3n) is 2.91. The highest BCUT2D eigenvalue weighted by molar-refractivity contribution is 7.99. The molecule has 0 aliphatic rings. The predicted molar refractivity (Wildman–Crippen MR) is 80.1 cm³/mol. The minimum absolute atomic E-state index is 0.199. The molecule has 1 aromatic heterocycles. The Labute approximate surface area is 126 Å². The van der Waals surface area contributed by atoms with Gasteiger partial charge in [0.1, 0.15) is 5.82 Å². The van der Waals surface area contributed by atoms with Gasteiger partial charge in [0.05, 0.1) is 23.0 Å². The Balaban J connectivity index is 2.13. The van der Waals surface area contributed by atoms with Crippen molar-refractivity contribution in [2.45, 2.75) is 24.4 Å². The van der Waals surface area contributed by atoms with E-state index in [2.05, 4.69) is 10.5 Å². The van der Waals surface area contributed by atoms with E-state index in [1.165, 1.54) is 17.8 Å². The highest BCUT2D eigenvalue weighted by Gasteiger charge is 2.19. The predicted octanol–water partition coefficient (Wildman–Crippen LogP) is 2.99. The highest BCUT2D eigenvalue weighted by Crippen LogP contribution is 2.29. The van der Waals surface area contributed by atoms with Crippen LogP contribution in [0, 0.1) is 5.82 Å². The van der Waals surface area contributed by atoms with Crippen LogP contribution in [0.2, 0.25) is 5.02 Å². The Bertz CT molecular complexity index is 575. The smallest absolute Gasteiger partial charge is 0.136 e. The first-order chi connectivity index (χ1) is 9.67. The van der Waals surface area contributed by atoms with Crippen LogP contribution in [0.4, 0.5) is 4.39 Å². The molecule has 0 radical (unpaired) electrons. The van der Waals surface area contributed by atoms with Gasteiger partial charge in [-0.05, 0) is 19.1 Å². The number of nitrogens with two attached hydrogens (primary N) is 1. The number of benzene rings is 1. The van der Waals surface area contributed by atoms with E-state index in [9.17, 15) is 4.39 Å². The van der Waals surface area contributed by atoms with Crippen molar-refractivity contribution < 1.29 is 4.39 Å². The first-order valence-electron chi connectivity index (χ1n) is 6.22. The van der Waals surface area contributed by atoms with E-state index in [1.54, 1.807) is 29.1 Å². The van der Waals surface area contributed by atoms with Crippen molar-refractivity contribution >= 4 is 23.4 Å². The van der Waals surface area contributed by atoms with Gasteiger partial charge in [-0.15, -0.1) is 11.8 Å². The number of hydrogen-bond acceptors (Lipinski definition) is 4. The summed E-state index contributed by atoms with van der Waals surface area (Å²) in [7, 11) is 0. The third kappa shape index (κ3) is 3.32. The van der Waals surface area contributed by atoms with Crippen LogP contribution < -0.4 is 11.3 Å². The van der Waals surface area contributed by atoms with E-state index in [-0.39, 0.29) is 11.9 Å². The molecule has 7 heteroatoms. The molecule has 4 nitrogen and oxygen atoms in total. The molecule has 1 unspecified atom stereocenters. The zero-order valence-corrected chi connectivity index (χ0v) is 12.6. The van der Waals surface area contributed by atoms with E-state index in [0.29, 0.717) is 22.2 Å². The molecule has 0 amide bonds. The Kier molecular flexibility index (Phi) is 5.42. The first kappa shape index (κ1) is 15.3. The minimum Gasteiger partial charge on any atom is -0.271 e. The summed E-state index contributed by atoms with van der Waals surface area (Å²) in [5, 5.41) is 4.74. The second-order valence-corrected chi connectivity index (χ2v) is 5.62. The summed E-state index contributed by atoms with van der Waals surface area (Å²) < 4.78 is 15.4. The van der Waals surface area contributed by atoms with Crippen LogP contribution in [-0.2, 0) is 6.54 Å². The number of rotatable bonds is 6. The Morgan fingerprint density at radius 1 is 1.50 bits per heavy atom. The SMILES string of the molecule is CCn1ncc(Cl)c1C(CSc1ccccc1F)NN. The number of aryl methyl sites for hydroxylation is 1. The maximum atomic E-state index is 13.6. The van der Waals surface area contributed by atoms with Gasteiger partial charge >= 0.3 is 0 Å². The molecule has 1 atom stereocenters. The molecule has 0 fully saturated rings. The fourth-order valence-electron chi connectivity index (χ4n) is 1.91. The summed E-state index contributed by atoms with van der Waals surface area (Å²) >= 11 is 7.54. The van der Waals surface area contributed by atoms with Crippen LogP contribution in [0.5, 0.6) is 0 Å². The Hall–Kier alpha value is -1.08. The van der Waals surface area contributed by atoms with Gasteiger partial charge in [0, 0.05) is 17.2 Å². The molecule has 20 heavy (non-hydrogen) atoms. The number of aromatic nitrogens is 2. The monoisotopic (exact) mass is 314 g/mol. The van der Waals surface area contributed by atoms with Crippen molar-refractivity contribution in [3.05, 3.63) is 47.0 Å². The number of hydrogen-bond donors (Lipinski definition) is 2. The lowest BCUT2D eigenvalue weighted by Gasteiger charge is -2.17. The van der Waals surface area contributed by atoms with Gasteiger partial charge in [0.25, 0.3) is 0 Å². The van der Waals surface area contributed by atoms with Crippen LogP contribution in [0.25, 0.3) is 0 Å². The lowest BCUT2D eigenvalue weighted by atomic mass is 10.2. The molecule has 1 aromatic carbocycles. The van der Waals surface area contributed by atoms with Crippen LogP contribution in [0.3, 0.4) is 0 Å². The summed E-state index contributed by atoms with van der Waals surface area (Å²) in [6.07, 6.45) is 1.60. The topological polar surface area (TPSA) is 55.9 Å². The molecular formula is C13H16ClFN4S. The summed E-state index contributed by atoms with van der Waals surface area (Å²) in [5.41, 5.74) is 3.54. The number of thioether (sulfide) groups is 1. The van der Waals surface area contributed by atoms with Crippen molar-refractivity contribution in [2.24, 2.45) is 5.84 Å². The van der Waals surface area contributed by atoms with Crippen molar-refractivity contribution in [1.82, 2.24) is 15.2 Å². The van der Waals surface area contributed by atoms with E-state index in [0.717, 1.165) is 5.69 Å². The van der Waals surface area contributed by atoms with Gasteiger partial charge in [0.15, 0.2) is 0 Å². The lowest BCUT2D eigenvalue weighted by molar-refractivity contribution is 0.527. The number of halogens is 2. The summed E-state index contributed by atoms with van der Waals surface area (Å²) in [6.45, 7) is 2.68. The number of nitrogens with zero attached hydrogens (tertiary/aromatic N) is 2. The molecule has 1 heterocycles. The van der Waals surface area contributed by atoms with Crippen LogP contribution >= 0.6 is 23.4 Å². The van der Waals surface area contributed by atoms with Gasteiger partial charge in [-0.2, -0.15) is 5.10 Å². The molecule has 0 saturated heterocycles. The van der Waals surface area contributed by atoms with Crippen LogP contribution in [-0.4, -0.2) is 15.5 Å². The third-order valence-corrected chi connectivity index (χ3v) is 4.34. The highest BCUT2D eigenvalue weighted by atomic mass is 35.5. The van der Waals surface area contributed by atoms with Crippen molar-refractivity contribution in [3.63, 3.8) is 0 Å². The molecule has 108 valence electrons. The molecule has 0 spiro atoms. The van der Waals surface area contributed by atoms with Gasteiger partial charge in [-0.1, -0.05) is 23.7 Å². The van der Waals surface area contributed by atoms with Crippen molar-refractivity contribution in [3.8, 4) is 0 Å². The van der Waals surface area contributed by atoms with Gasteiger partial charge < -0.3 is 0 Å². The molecule has 0 aliphatic carbocycles. The molecule has 3 N–H and O–H groups in total. The summed E-state index contributed by atoms with van der Waals surface area (Å²) in [4.78, 5) is 0.589. The quantitative estimate of drug-likeness (QED) is 0.489. The zero-order valence-electron chi connectivity index (χ0n) is 11.0. The van der Waals surface area contributed by atoms with Crippen molar-refractivity contribution in [1.29, 1.82) is 0 Å². The van der Waals surface area contributed by atoms with Gasteiger partial charge in [0.2, 0.25) is 0 Å². The average molecular weight is 315 g/mol. The van der Waals surface area contributed by atoms with E-state index in [4.69, 9.17) is 17.4 Å². The van der Waals surface area contributed by atoms with E-state index >= 15 is 0 Å². The summed E-state index contributed by atoms with van der Waals surface area (Å²) in [5.74, 6) is 5.93. The fourth-order valence-corrected chi connectivity index (χ4v) is 3.17. The number of hydrazine groups is 1. The minimum atomic E-state index is -0.233. The molecule has 0 bridgehead atoms. The molecule has 0 aliphatic heterocycles. The second kappa shape index (κ2) is 7.08. The van der Waals surface area contributed by atoms with Gasteiger partial charge in [-0.3, -0.25) is 16.0 Å². The Morgan fingerprint density at radius 3 is 2.90 bits per heavy atom. The maximum Gasteiger partial charge on any atom is 0.136 e. The summed E-state index contributed by atoms with van der Waals surface area (Å²) in [6, 6.07) is 6.46. The number of nitrogens with one attached hydrogen (secondary N) is 1. The van der Waals surface area contributed by atoms with E-state index in [1.807, 2.05) is 6.92 Å². The average Bonchev–Trinajstić information content (AvgIpc) is 2.83. The van der Waals surface area contributed by atoms with Crippen molar-refractivity contribution in [2.75, 3.05) is 5.75 Å². The first-order valence-corrected chi connectivity index (χ1v) is 7.58. The lowest BCUT2D eigenvalue weighted by Crippen LogP contribution is -2.31. The molecule has 2 rings (SSSR count). The molecular weight excluding hydrogens is 299 g/mol. The van der Waals surface area contributed by atoms with Gasteiger partial charge in [-0.25, -0.2) is 4.39 Å². The second-order valence-electron chi connectivity index (χ2n) is 4.15. The molecule has 0 saturated carbocycles. The van der Waals surface area contributed by atoms with Crippen LogP contribution in [0.1, 0.15) is 18.7 Å². The fraction of sp³-hybridized carbons (Fsp3) is 0.308. The largest absolute Gasteiger partial charge is 0.271 e. The standard InChI is InChI=1S/C13H16ClFN4S/c1-2-19-13(9(14)7-17-19)11(18-16)8-20-12-6-4-3-5-10(12)15/h3-7,11,18H,2,8,16H2,1H3. The van der Waals surface area contributed by atoms with E-state index < -0.39 is 0 Å². The maximum absolute atomic E-state index is 13.6. The molecule has 2 aromatic rings. The van der Waals surface area contributed by atoms with Crippen LogP contribution in [0.15, 0.2) is 35.4 Å². The normalized spacial score (nSPS) is 12.6.